The minimum Gasteiger partial charge on any atom is -0.494 e. The first-order valence-electron chi connectivity index (χ1n) is 12.5. The smallest absolute Gasteiger partial charge is 0.223 e. The Kier molecular flexibility index (Phi) is 8.14. The summed E-state index contributed by atoms with van der Waals surface area (Å²) < 4.78 is 33.1. The topological polar surface area (TPSA) is 70.2 Å². The number of carbonyl (C=O) groups excluding carboxylic acids is 1. The average molecular weight is 500 g/mol. The quantitative estimate of drug-likeness (QED) is 0.600. The van der Waals surface area contributed by atoms with Crippen LogP contribution in [0.25, 0.3) is 0 Å². The Morgan fingerprint density at radius 1 is 1.03 bits per heavy atom. The lowest BCUT2D eigenvalue weighted by atomic mass is 10.1. The molecule has 2 aliphatic heterocycles. The summed E-state index contributed by atoms with van der Waals surface area (Å²) in [4.78, 5) is 16.8. The fourth-order valence-electron chi connectivity index (χ4n) is 5.45. The Bertz CT molecular complexity index is 1120. The number of amides is 1. The van der Waals surface area contributed by atoms with Crippen LogP contribution in [0.15, 0.2) is 48.5 Å². The minimum atomic E-state index is -3.37. The number of benzene rings is 2. The number of sulfonamides is 1. The number of fused-ring (bicyclic) bond motifs is 3. The van der Waals surface area contributed by atoms with Crippen molar-refractivity contribution in [3.05, 3.63) is 59.7 Å². The molecule has 1 fully saturated rings. The van der Waals surface area contributed by atoms with E-state index in [0.29, 0.717) is 39.2 Å². The molecule has 1 amide bonds. The van der Waals surface area contributed by atoms with E-state index in [9.17, 15) is 13.2 Å². The zero-order valence-electron chi connectivity index (χ0n) is 21.0. The summed E-state index contributed by atoms with van der Waals surface area (Å²) in [6.45, 7) is 6.83. The first kappa shape index (κ1) is 25.7. The highest BCUT2D eigenvalue weighted by molar-refractivity contribution is 7.88. The van der Waals surface area contributed by atoms with Crippen molar-refractivity contribution >= 4 is 21.6 Å². The second-order valence-corrected chi connectivity index (χ2v) is 11.6. The summed E-state index contributed by atoms with van der Waals surface area (Å²) >= 11 is 0. The molecule has 1 saturated heterocycles. The molecule has 0 radical (unpaired) electrons. The van der Waals surface area contributed by atoms with Crippen LogP contribution in [0.5, 0.6) is 5.75 Å². The van der Waals surface area contributed by atoms with E-state index in [2.05, 4.69) is 30.0 Å². The highest BCUT2D eigenvalue weighted by atomic mass is 32.2. The molecule has 2 aromatic rings. The molecule has 2 aromatic carbocycles. The maximum atomic E-state index is 12.8. The first-order valence-corrected chi connectivity index (χ1v) is 14.4. The molecule has 0 saturated carbocycles. The number of ether oxygens (including phenoxy) is 1. The van der Waals surface area contributed by atoms with E-state index in [1.165, 1.54) is 6.26 Å². The Balaban J connectivity index is 1.67. The predicted octanol–water partition coefficient (Wildman–Crippen LogP) is 4.03. The fraction of sp³-hybridized carbons (Fsp3) is 0.519. The van der Waals surface area contributed by atoms with E-state index >= 15 is 0 Å². The highest BCUT2D eigenvalue weighted by Crippen LogP contribution is 2.33. The first-order chi connectivity index (χ1) is 16.8. The van der Waals surface area contributed by atoms with Crippen LogP contribution in [-0.4, -0.2) is 61.6 Å². The molecular weight excluding hydrogens is 462 g/mol. The highest BCUT2D eigenvalue weighted by Gasteiger charge is 2.40. The number of para-hydroxylation sites is 1. The monoisotopic (exact) mass is 499 g/mol. The molecule has 35 heavy (non-hydrogen) atoms. The van der Waals surface area contributed by atoms with Gasteiger partial charge in [0, 0.05) is 50.9 Å². The SMILES string of the molecule is CCCOc1ccc(CN2Cc3ccccc3N(C(C)=O)CC[C@H]3CC[C@@H](C2)N3S(C)(=O)=O)cc1. The molecule has 0 N–H and O–H groups in total. The summed E-state index contributed by atoms with van der Waals surface area (Å²) in [6, 6.07) is 16.0. The van der Waals surface area contributed by atoms with Gasteiger partial charge in [-0.05, 0) is 55.0 Å². The van der Waals surface area contributed by atoms with E-state index in [1.54, 1.807) is 11.2 Å². The van der Waals surface area contributed by atoms with Gasteiger partial charge in [0.15, 0.2) is 0 Å². The number of rotatable bonds is 6. The van der Waals surface area contributed by atoms with Gasteiger partial charge in [0.25, 0.3) is 0 Å². The molecule has 0 aliphatic carbocycles. The van der Waals surface area contributed by atoms with Crippen molar-refractivity contribution in [1.82, 2.24) is 9.21 Å². The molecule has 0 aromatic heterocycles. The minimum absolute atomic E-state index is 0.0219. The maximum absolute atomic E-state index is 12.8. The van der Waals surface area contributed by atoms with Crippen molar-refractivity contribution < 1.29 is 17.9 Å². The van der Waals surface area contributed by atoms with Crippen LogP contribution in [-0.2, 0) is 27.9 Å². The van der Waals surface area contributed by atoms with Crippen LogP contribution < -0.4 is 9.64 Å². The Hall–Kier alpha value is -2.42. The third-order valence-electron chi connectivity index (χ3n) is 6.95. The lowest BCUT2D eigenvalue weighted by molar-refractivity contribution is -0.116. The molecule has 4 rings (SSSR count). The van der Waals surface area contributed by atoms with Crippen LogP contribution in [0.1, 0.15) is 50.7 Å². The van der Waals surface area contributed by atoms with Gasteiger partial charge >= 0.3 is 0 Å². The number of nitrogens with zero attached hydrogens (tertiary/aromatic N) is 3. The lowest BCUT2D eigenvalue weighted by Crippen LogP contribution is -2.46. The zero-order chi connectivity index (χ0) is 25.0. The van der Waals surface area contributed by atoms with Crippen molar-refractivity contribution in [3.8, 4) is 5.75 Å². The zero-order valence-corrected chi connectivity index (χ0v) is 21.8. The van der Waals surface area contributed by atoms with Crippen molar-refractivity contribution in [2.45, 2.75) is 64.7 Å². The average Bonchev–Trinajstić information content (AvgIpc) is 3.21. The number of hydrogen-bond acceptors (Lipinski definition) is 5. The van der Waals surface area contributed by atoms with E-state index in [-0.39, 0.29) is 18.0 Å². The summed E-state index contributed by atoms with van der Waals surface area (Å²) in [5.41, 5.74) is 3.14. The molecule has 8 heteroatoms. The van der Waals surface area contributed by atoms with E-state index in [1.807, 2.05) is 35.2 Å². The molecule has 2 heterocycles. The Morgan fingerprint density at radius 3 is 2.43 bits per heavy atom. The third-order valence-corrected chi connectivity index (χ3v) is 8.31. The van der Waals surface area contributed by atoms with Crippen LogP contribution in [0.3, 0.4) is 0 Å². The Labute approximate surface area is 209 Å². The Morgan fingerprint density at radius 2 is 1.74 bits per heavy atom. The number of anilines is 1. The van der Waals surface area contributed by atoms with Gasteiger partial charge < -0.3 is 9.64 Å². The van der Waals surface area contributed by atoms with Gasteiger partial charge in [-0.25, -0.2) is 8.42 Å². The number of carbonyl (C=O) groups is 1. The van der Waals surface area contributed by atoms with Gasteiger partial charge in [0.2, 0.25) is 15.9 Å². The van der Waals surface area contributed by atoms with Crippen molar-refractivity contribution in [3.63, 3.8) is 0 Å². The van der Waals surface area contributed by atoms with Gasteiger partial charge in [-0.2, -0.15) is 4.31 Å². The van der Waals surface area contributed by atoms with E-state index in [4.69, 9.17) is 4.74 Å². The standard InChI is InChI=1S/C27H37N3O4S/c1-4-17-34-26-13-9-22(10-14-26)18-28-19-23-7-5-6-8-27(23)29(21(2)31)16-15-24-11-12-25(20-28)30(24)35(3,32)33/h5-10,13-14,24-25H,4,11-12,15-20H2,1-3H3/t24-,25+/m1/s1. The summed E-state index contributed by atoms with van der Waals surface area (Å²) in [5, 5.41) is 0. The summed E-state index contributed by atoms with van der Waals surface area (Å²) in [6.07, 6.45) is 4.57. The second-order valence-electron chi connectivity index (χ2n) is 9.73. The maximum Gasteiger partial charge on any atom is 0.223 e. The molecule has 2 bridgehead atoms. The molecule has 0 unspecified atom stereocenters. The third kappa shape index (κ3) is 6.23. The van der Waals surface area contributed by atoms with Crippen molar-refractivity contribution in [2.24, 2.45) is 0 Å². The molecule has 0 spiro atoms. The van der Waals surface area contributed by atoms with Gasteiger partial charge in [-0.3, -0.25) is 9.69 Å². The molecule has 2 atom stereocenters. The van der Waals surface area contributed by atoms with Gasteiger partial charge in [0.05, 0.1) is 12.9 Å². The lowest BCUT2D eigenvalue weighted by Gasteiger charge is -2.32. The summed E-state index contributed by atoms with van der Waals surface area (Å²) in [5.74, 6) is 0.837. The van der Waals surface area contributed by atoms with Crippen LogP contribution in [0.2, 0.25) is 0 Å². The van der Waals surface area contributed by atoms with Crippen molar-refractivity contribution in [2.75, 3.05) is 30.9 Å². The molecule has 190 valence electrons. The molecule has 2 aliphatic rings. The van der Waals surface area contributed by atoms with Crippen molar-refractivity contribution in [1.29, 1.82) is 0 Å². The second kappa shape index (κ2) is 11.1. The van der Waals surface area contributed by atoms with Crippen LogP contribution >= 0.6 is 0 Å². The normalized spacial score (nSPS) is 21.9. The fourth-order valence-corrected chi connectivity index (χ4v) is 6.92. The van der Waals surface area contributed by atoms with Gasteiger partial charge in [0.1, 0.15) is 5.75 Å². The van der Waals surface area contributed by atoms with Gasteiger partial charge in [-0.15, -0.1) is 0 Å². The van der Waals surface area contributed by atoms with Crippen LogP contribution in [0.4, 0.5) is 5.69 Å². The molecule has 7 nitrogen and oxygen atoms in total. The van der Waals surface area contributed by atoms with Gasteiger partial charge in [-0.1, -0.05) is 37.3 Å². The van der Waals surface area contributed by atoms with E-state index in [0.717, 1.165) is 41.8 Å². The summed E-state index contributed by atoms with van der Waals surface area (Å²) in [7, 11) is -3.37. The van der Waals surface area contributed by atoms with Crippen LogP contribution in [0, 0.1) is 0 Å². The predicted molar refractivity (Wildman–Crippen MR) is 139 cm³/mol. The molecular formula is C27H37N3O4S. The van der Waals surface area contributed by atoms with E-state index < -0.39 is 10.0 Å². The largest absolute Gasteiger partial charge is 0.494 e. The number of hydrogen-bond donors (Lipinski definition) is 0.